The Bertz CT molecular complexity index is 809. The molecule has 1 fully saturated rings. The van der Waals surface area contributed by atoms with Gasteiger partial charge in [0.05, 0.1) is 12.1 Å². The second-order valence-corrected chi connectivity index (χ2v) is 7.15. The minimum atomic E-state index is -4.55. The lowest BCUT2D eigenvalue weighted by Crippen LogP contribution is -2.35. The Morgan fingerprint density at radius 1 is 1.11 bits per heavy atom. The summed E-state index contributed by atoms with van der Waals surface area (Å²) in [7, 11) is 0. The predicted octanol–water partition coefficient (Wildman–Crippen LogP) is 2.92. The number of likely N-dealkylation sites (tertiary alicyclic amines) is 1. The van der Waals surface area contributed by atoms with Crippen molar-refractivity contribution >= 4 is 0 Å². The molecular weight excluding hydrogens is 362 g/mol. The van der Waals surface area contributed by atoms with Gasteiger partial charge in [-0.25, -0.2) is 4.39 Å². The maximum Gasteiger partial charge on any atom is 0.416 e. The smallest absolute Gasteiger partial charge is 0.312 e. The third-order valence-electron chi connectivity index (χ3n) is 5.38. The maximum absolute atomic E-state index is 13.3. The zero-order valence-corrected chi connectivity index (χ0v) is 14.8. The number of halogens is 4. The van der Waals surface area contributed by atoms with Crippen LogP contribution in [0.2, 0.25) is 0 Å². The van der Waals surface area contributed by atoms with Crippen LogP contribution in [0.1, 0.15) is 41.5 Å². The van der Waals surface area contributed by atoms with Crippen LogP contribution in [0.25, 0.3) is 0 Å². The Labute approximate surface area is 154 Å². The average molecular weight is 383 g/mol. The Morgan fingerprint density at radius 3 is 2.63 bits per heavy atom. The summed E-state index contributed by atoms with van der Waals surface area (Å²) in [6.45, 7) is 3.99. The van der Waals surface area contributed by atoms with Gasteiger partial charge in [-0.05, 0) is 43.6 Å². The van der Waals surface area contributed by atoms with Crippen molar-refractivity contribution in [3.05, 3.63) is 46.8 Å². The molecule has 1 N–H and O–H groups in total. The van der Waals surface area contributed by atoms with Crippen LogP contribution >= 0.6 is 0 Å². The van der Waals surface area contributed by atoms with Crippen LogP contribution in [-0.2, 0) is 25.8 Å². The fourth-order valence-electron chi connectivity index (χ4n) is 3.96. The fourth-order valence-corrected chi connectivity index (χ4v) is 3.96. The van der Waals surface area contributed by atoms with E-state index in [0.29, 0.717) is 19.2 Å². The molecule has 4 rings (SSSR count). The van der Waals surface area contributed by atoms with E-state index in [2.05, 4.69) is 20.1 Å². The van der Waals surface area contributed by atoms with Crippen LogP contribution in [0.15, 0.2) is 18.2 Å². The lowest BCUT2D eigenvalue weighted by Gasteiger charge is -2.32. The topological polar surface area (TPSA) is 46.0 Å². The van der Waals surface area contributed by atoms with Crippen LogP contribution in [-0.4, -0.2) is 39.3 Å². The molecule has 9 heteroatoms. The third kappa shape index (κ3) is 3.84. The summed E-state index contributed by atoms with van der Waals surface area (Å²) < 4.78 is 55.0. The van der Waals surface area contributed by atoms with E-state index in [9.17, 15) is 17.6 Å². The Kier molecular flexibility index (Phi) is 4.90. The van der Waals surface area contributed by atoms with Crippen molar-refractivity contribution in [2.24, 2.45) is 0 Å². The Hall–Kier alpha value is -2.00. The van der Waals surface area contributed by atoms with E-state index >= 15 is 0 Å². The monoisotopic (exact) mass is 383 g/mol. The minimum Gasteiger partial charge on any atom is -0.312 e. The number of alkyl halides is 3. The number of hydrogen-bond acceptors (Lipinski definition) is 4. The van der Waals surface area contributed by atoms with Gasteiger partial charge in [0.25, 0.3) is 0 Å². The molecule has 0 spiro atoms. The maximum atomic E-state index is 13.3. The van der Waals surface area contributed by atoms with E-state index in [-0.39, 0.29) is 18.0 Å². The average Bonchev–Trinajstić information content (AvgIpc) is 3.07. The standard InChI is InChI=1S/C18H21F4N5/c19-14-2-1-13(15(9-14)18(20,21)22)11-26-6-3-12(4-7-26)17-25-24-16-10-23-5-8-27(16)17/h1-2,9,12,23H,3-8,10-11H2. The van der Waals surface area contributed by atoms with Crippen molar-refractivity contribution < 1.29 is 17.6 Å². The quantitative estimate of drug-likeness (QED) is 0.828. The largest absolute Gasteiger partial charge is 0.416 e. The number of aromatic nitrogens is 3. The lowest BCUT2D eigenvalue weighted by molar-refractivity contribution is -0.138. The molecule has 2 aliphatic heterocycles. The zero-order chi connectivity index (χ0) is 19.0. The van der Waals surface area contributed by atoms with Gasteiger partial charge in [0, 0.05) is 25.6 Å². The van der Waals surface area contributed by atoms with Crippen LogP contribution in [0.3, 0.4) is 0 Å². The number of piperidine rings is 1. The Morgan fingerprint density at radius 2 is 1.89 bits per heavy atom. The van der Waals surface area contributed by atoms with E-state index in [1.807, 2.05) is 4.90 Å². The SMILES string of the molecule is Fc1ccc(CN2CCC(c3nnc4n3CCNC4)CC2)c(C(F)(F)F)c1. The van der Waals surface area contributed by atoms with Gasteiger partial charge in [0.1, 0.15) is 17.5 Å². The first-order chi connectivity index (χ1) is 12.9. The molecule has 5 nitrogen and oxygen atoms in total. The van der Waals surface area contributed by atoms with E-state index < -0.39 is 17.6 Å². The van der Waals surface area contributed by atoms with Crippen LogP contribution in [0.5, 0.6) is 0 Å². The molecule has 1 aromatic carbocycles. The van der Waals surface area contributed by atoms with Crippen molar-refractivity contribution in [3.63, 3.8) is 0 Å². The summed E-state index contributed by atoms with van der Waals surface area (Å²) >= 11 is 0. The molecule has 2 aliphatic rings. The van der Waals surface area contributed by atoms with E-state index in [4.69, 9.17) is 0 Å². The normalized spacial score (nSPS) is 19.3. The highest BCUT2D eigenvalue weighted by molar-refractivity contribution is 5.30. The summed E-state index contributed by atoms with van der Waals surface area (Å²) in [5.74, 6) is 1.34. The summed E-state index contributed by atoms with van der Waals surface area (Å²) in [5, 5.41) is 11.9. The van der Waals surface area contributed by atoms with Crippen molar-refractivity contribution in [2.45, 2.75) is 44.6 Å². The van der Waals surface area contributed by atoms with E-state index in [0.717, 1.165) is 50.2 Å². The van der Waals surface area contributed by atoms with Gasteiger partial charge in [0.15, 0.2) is 0 Å². The van der Waals surface area contributed by atoms with Gasteiger partial charge in [-0.15, -0.1) is 10.2 Å². The summed E-state index contributed by atoms with van der Waals surface area (Å²) in [6, 6.07) is 2.92. The summed E-state index contributed by atoms with van der Waals surface area (Å²) in [5.41, 5.74) is -0.767. The number of hydrogen-bond donors (Lipinski definition) is 1. The van der Waals surface area contributed by atoms with E-state index in [1.54, 1.807) is 0 Å². The van der Waals surface area contributed by atoms with Crippen LogP contribution < -0.4 is 5.32 Å². The third-order valence-corrected chi connectivity index (χ3v) is 5.38. The molecule has 0 saturated carbocycles. The molecule has 146 valence electrons. The molecule has 0 atom stereocenters. The summed E-state index contributed by atoms with van der Waals surface area (Å²) in [6.07, 6.45) is -2.90. The van der Waals surface area contributed by atoms with Gasteiger partial charge < -0.3 is 9.88 Å². The molecule has 0 bridgehead atoms. The van der Waals surface area contributed by atoms with Gasteiger partial charge >= 0.3 is 6.18 Å². The number of benzene rings is 1. The van der Waals surface area contributed by atoms with Crippen molar-refractivity contribution in [2.75, 3.05) is 19.6 Å². The molecule has 0 aliphatic carbocycles. The first-order valence-corrected chi connectivity index (χ1v) is 9.12. The zero-order valence-electron chi connectivity index (χ0n) is 14.8. The number of fused-ring (bicyclic) bond motifs is 1. The molecule has 2 aromatic rings. The first kappa shape index (κ1) is 18.4. The van der Waals surface area contributed by atoms with Gasteiger partial charge in [-0.1, -0.05) is 6.07 Å². The fraction of sp³-hybridized carbons (Fsp3) is 0.556. The molecule has 0 unspecified atom stereocenters. The summed E-state index contributed by atoms with van der Waals surface area (Å²) in [4.78, 5) is 1.99. The Balaban J connectivity index is 1.43. The van der Waals surface area contributed by atoms with Crippen molar-refractivity contribution in [3.8, 4) is 0 Å². The number of nitrogens with zero attached hydrogens (tertiary/aromatic N) is 4. The second-order valence-electron chi connectivity index (χ2n) is 7.15. The molecule has 27 heavy (non-hydrogen) atoms. The van der Waals surface area contributed by atoms with Crippen molar-refractivity contribution in [1.82, 2.24) is 25.0 Å². The lowest BCUT2D eigenvalue weighted by atomic mass is 9.95. The molecular formula is C18H21F4N5. The number of rotatable bonds is 3. The molecule has 0 amide bonds. The molecule has 0 radical (unpaired) electrons. The van der Waals surface area contributed by atoms with Gasteiger partial charge in [-0.3, -0.25) is 4.90 Å². The highest BCUT2D eigenvalue weighted by Gasteiger charge is 2.35. The minimum absolute atomic E-state index is 0.119. The predicted molar refractivity (Wildman–Crippen MR) is 90.4 cm³/mol. The van der Waals surface area contributed by atoms with Crippen LogP contribution in [0, 0.1) is 5.82 Å². The van der Waals surface area contributed by atoms with Gasteiger partial charge in [-0.2, -0.15) is 13.2 Å². The molecule has 1 aromatic heterocycles. The first-order valence-electron chi connectivity index (χ1n) is 9.12. The van der Waals surface area contributed by atoms with Gasteiger partial charge in [0.2, 0.25) is 0 Å². The molecule has 1 saturated heterocycles. The highest BCUT2D eigenvalue weighted by Crippen LogP contribution is 2.34. The molecule has 3 heterocycles. The number of nitrogens with one attached hydrogen (secondary N) is 1. The van der Waals surface area contributed by atoms with Crippen molar-refractivity contribution in [1.29, 1.82) is 0 Å². The van der Waals surface area contributed by atoms with Crippen LogP contribution in [0.4, 0.5) is 17.6 Å². The highest BCUT2D eigenvalue weighted by atomic mass is 19.4. The van der Waals surface area contributed by atoms with E-state index in [1.165, 1.54) is 6.07 Å². The second kappa shape index (κ2) is 7.20.